The Kier molecular flexibility index (Phi) is 3.34. The Morgan fingerprint density at radius 3 is 1.44 bits per heavy atom. The summed E-state index contributed by atoms with van der Waals surface area (Å²) in [6.45, 7) is 1.04. The summed E-state index contributed by atoms with van der Waals surface area (Å²) >= 11 is 0. The van der Waals surface area contributed by atoms with E-state index >= 15 is 0 Å². The minimum absolute atomic E-state index is 0.286. The Bertz CT molecular complexity index is 326. The fraction of sp³-hybridized carbons (Fsp3) is 0.250. The van der Waals surface area contributed by atoms with Crippen molar-refractivity contribution in [3.63, 3.8) is 0 Å². The molecule has 0 aromatic carbocycles. The van der Waals surface area contributed by atoms with Crippen molar-refractivity contribution in [3.8, 4) is 0 Å². The molecular weight excluding hydrogens is 263 g/mol. The van der Waals surface area contributed by atoms with Gasteiger partial charge in [-0.25, -0.2) is 0 Å². The predicted molar refractivity (Wildman–Crippen MR) is 50.8 cm³/mol. The molecule has 0 aromatic rings. The standard InChI is InChI=1S/C3H5O2.5CHO.Mn/c1-2-5-3-4;5*1-2;/h2H2,1H3;5*1H;. The average molecular weight is 273 g/mol. The molecule has 0 saturated carbocycles. The van der Waals surface area contributed by atoms with Gasteiger partial charge in [0.25, 0.3) is 0 Å². The van der Waals surface area contributed by atoms with Crippen LogP contribution in [-0.4, -0.2) is 37.4 Å². The molecule has 0 heterocycles. The van der Waals surface area contributed by atoms with Crippen molar-refractivity contribution in [1.29, 1.82) is 0 Å². The van der Waals surface area contributed by atoms with Crippen molar-refractivity contribution in [2.75, 3.05) is 6.61 Å². The first kappa shape index (κ1) is 14.3. The third kappa shape index (κ3) is 1.20. The van der Waals surface area contributed by atoms with Crippen LogP contribution in [0.4, 0.5) is 4.79 Å². The molecule has 0 saturated heterocycles. The first-order valence-corrected chi connectivity index (χ1v) is 7.86. The molecule has 0 radical (unpaired) electrons. The monoisotopic (exact) mass is 273 g/mol. The molecule has 0 spiro atoms. The van der Waals surface area contributed by atoms with E-state index in [4.69, 9.17) is 0 Å². The van der Waals surface area contributed by atoms with Crippen molar-refractivity contribution >= 4 is 30.8 Å². The number of hydrogen-bond donors (Lipinski definition) is 0. The van der Waals surface area contributed by atoms with Crippen LogP contribution in [0.1, 0.15) is 6.92 Å². The van der Waals surface area contributed by atoms with Crippen molar-refractivity contribution < 1.29 is 44.2 Å². The molecular formula is C8H10MnO7. The molecule has 0 amide bonds. The first-order chi connectivity index (χ1) is 7.41. The van der Waals surface area contributed by atoms with Crippen LogP contribution in [0.5, 0.6) is 0 Å². The number of carbonyl (C=O) groups is 6. The third-order valence-corrected chi connectivity index (χ3v) is 7.42. The molecule has 91 valence electrons. The van der Waals surface area contributed by atoms with E-state index in [0.29, 0.717) is 0 Å². The summed E-state index contributed by atoms with van der Waals surface area (Å²) in [4.78, 5) is 64.7. The summed E-state index contributed by atoms with van der Waals surface area (Å²) in [5, 5.41) is -2.32. The topological polar surface area (TPSA) is 112 Å². The second-order valence-corrected chi connectivity index (χ2v) is 10.4. The SMILES string of the molecule is CCO[C](=O)[Mn]([CH]=O)([CH]=O)([CH]=O)([CH]=O)[CH]=O. The van der Waals surface area contributed by atoms with Gasteiger partial charge in [0.1, 0.15) is 0 Å². The molecule has 0 N–H and O–H groups in total. The number of hydrogen-bond acceptors (Lipinski definition) is 7. The van der Waals surface area contributed by atoms with Crippen LogP contribution in [0.2, 0.25) is 0 Å². The number of ether oxygens (including phenoxy) is 1. The second kappa shape index (κ2) is 3.73. The molecule has 0 atom stereocenters. The van der Waals surface area contributed by atoms with Gasteiger partial charge < -0.3 is 0 Å². The van der Waals surface area contributed by atoms with Gasteiger partial charge in [-0.05, 0) is 0 Å². The van der Waals surface area contributed by atoms with Crippen molar-refractivity contribution in [1.82, 2.24) is 0 Å². The van der Waals surface area contributed by atoms with E-state index in [9.17, 15) is 28.8 Å². The maximum absolute atomic E-state index is 11.6. The first-order valence-electron chi connectivity index (χ1n) is 3.86. The van der Waals surface area contributed by atoms with Crippen LogP contribution in [0, 0.1) is 0 Å². The zero-order valence-corrected chi connectivity index (χ0v) is 9.51. The van der Waals surface area contributed by atoms with Crippen molar-refractivity contribution in [2.45, 2.75) is 6.92 Å². The second-order valence-electron chi connectivity index (χ2n) is 2.92. The van der Waals surface area contributed by atoms with E-state index < -0.39 is 41.5 Å². The Labute approximate surface area is 89.0 Å². The van der Waals surface area contributed by atoms with Crippen molar-refractivity contribution in [3.05, 3.63) is 0 Å². The molecule has 0 aliphatic heterocycles. The van der Waals surface area contributed by atoms with Crippen LogP contribution in [0.3, 0.4) is 0 Å². The zero-order chi connectivity index (χ0) is 12.9. The maximum atomic E-state index is 11.6. The molecule has 7 nitrogen and oxygen atoms in total. The van der Waals surface area contributed by atoms with Gasteiger partial charge in [0.05, 0.1) is 0 Å². The summed E-state index contributed by atoms with van der Waals surface area (Å²) in [6, 6.07) is 0. The normalized spacial score (nSPS) is 14.8. The summed E-state index contributed by atoms with van der Waals surface area (Å²) in [7, 11) is -6.60. The molecule has 0 rings (SSSR count). The summed E-state index contributed by atoms with van der Waals surface area (Å²) in [5.41, 5.74) is 0. The molecule has 0 aromatic heterocycles. The van der Waals surface area contributed by atoms with E-state index in [1.54, 1.807) is 0 Å². The summed E-state index contributed by atoms with van der Waals surface area (Å²) in [6.07, 6.45) is 0. The van der Waals surface area contributed by atoms with Gasteiger partial charge in [0.2, 0.25) is 0 Å². The average Bonchev–Trinajstić information content (AvgIpc) is 2.36. The molecule has 8 heteroatoms. The van der Waals surface area contributed by atoms with Crippen LogP contribution in [0.25, 0.3) is 0 Å². The minimum atomic E-state index is -6.60. The Morgan fingerprint density at radius 1 is 0.938 bits per heavy atom. The van der Waals surface area contributed by atoms with E-state index in [1.165, 1.54) is 6.92 Å². The Balaban J connectivity index is 6.48. The number of rotatable bonds is 7. The fourth-order valence-electron chi connectivity index (χ4n) is 0.663. The van der Waals surface area contributed by atoms with E-state index in [1.807, 2.05) is 0 Å². The van der Waals surface area contributed by atoms with Gasteiger partial charge in [0, 0.05) is 0 Å². The van der Waals surface area contributed by atoms with Gasteiger partial charge in [-0.1, -0.05) is 0 Å². The molecule has 0 unspecified atom stereocenters. The van der Waals surface area contributed by atoms with Gasteiger partial charge in [-0.2, -0.15) is 0 Å². The molecule has 16 heavy (non-hydrogen) atoms. The predicted octanol–water partition coefficient (Wildman–Crippen LogP) is -0.681. The van der Waals surface area contributed by atoms with Crippen molar-refractivity contribution in [2.24, 2.45) is 0 Å². The van der Waals surface area contributed by atoms with Gasteiger partial charge in [-0.3, -0.25) is 0 Å². The third-order valence-electron chi connectivity index (χ3n) is 1.95. The van der Waals surface area contributed by atoms with Crippen LogP contribution >= 0.6 is 0 Å². The molecule has 0 aliphatic carbocycles. The molecule has 0 bridgehead atoms. The van der Waals surface area contributed by atoms with E-state index in [0.717, 1.165) is 0 Å². The number of carbonyl (C=O) groups excluding carboxylic acids is 6. The quantitative estimate of drug-likeness (QED) is 0.446. The van der Waals surface area contributed by atoms with Gasteiger partial charge in [-0.15, -0.1) is 0 Å². The van der Waals surface area contributed by atoms with Gasteiger partial charge >= 0.3 is 88.6 Å². The van der Waals surface area contributed by atoms with Crippen LogP contribution in [-0.2, 0) is 39.4 Å². The van der Waals surface area contributed by atoms with Gasteiger partial charge in [0.15, 0.2) is 0 Å². The van der Waals surface area contributed by atoms with Crippen LogP contribution in [0.15, 0.2) is 0 Å². The van der Waals surface area contributed by atoms with E-state index in [2.05, 4.69) is 4.74 Å². The Hall–Kier alpha value is -1.66. The fourth-order valence-corrected chi connectivity index (χ4v) is 2.55. The summed E-state index contributed by atoms with van der Waals surface area (Å²) in [5.74, 6) is 0. The Morgan fingerprint density at radius 2 is 1.25 bits per heavy atom. The van der Waals surface area contributed by atoms with E-state index in [-0.39, 0.29) is 6.61 Å². The zero-order valence-electron chi connectivity index (χ0n) is 8.33. The van der Waals surface area contributed by atoms with Crippen LogP contribution < -0.4 is 0 Å². The molecule has 0 aliphatic rings. The summed E-state index contributed by atoms with van der Waals surface area (Å²) < 4.78 is 4.34. The molecule has 0 fully saturated rings.